The molecule has 3 atom stereocenters. The Morgan fingerprint density at radius 1 is 0.871 bits per heavy atom. The normalized spacial score (nSPS) is 21.7. The number of hydrogen-bond donors (Lipinski definition) is 0. The molecule has 0 spiro atoms. The summed E-state index contributed by atoms with van der Waals surface area (Å²) in [6.07, 6.45) is 1.94. The van der Waals surface area contributed by atoms with Crippen LogP contribution in [0.3, 0.4) is 0 Å². The molecule has 0 aliphatic carbocycles. The average molecular weight is 430 g/mol. The second-order valence-electron chi connectivity index (χ2n) is 8.01. The van der Waals surface area contributed by atoms with Gasteiger partial charge in [0, 0.05) is 10.6 Å². The molecular weight excluding hydrogens is 403 g/mol. The van der Waals surface area contributed by atoms with Gasteiger partial charge in [-0.2, -0.15) is 0 Å². The van der Waals surface area contributed by atoms with E-state index < -0.39 is 24.8 Å². The molecule has 3 aromatic carbocycles. The molecular formula is C27H27O3P. The van der Waals surface area contributed by atoms with Crippen molar-refractivity contribution in [3.8, 4) is 0 Å². The molecule has 0 radical (unpaired) electrons. The van der Waals surface area contributed by atoms with Gasteiger partial charge in [-0.25, -0.2) is 0 Å². The highest BCUT2D eigenvalue weighted by molar-refractivity contribution is 7.79. The van der Waals surface area contributed by atoms with Gasteiger partial charge >= 0.3 is 5.97 Å². The van der Waals surface area contributed by atoms with Crippen molar-refractivity contribution >= 4 is 23.7 Å². The number of carbonyl (C=O) groups excluding carboxylic acids is 1. The molecule has 0 saturated carbocycles. The molecule has 4 rings (SSSR count). The van der Waals surface area contributed by atoms with Crippen LogP contribution in [0.5, 0.6) is 0 Å². The number of rotatable bonds is 6. The summed E-state index contributed by atoms with van der Waals surface area (Å²) in [6.45, 7) is 3.89. The van der Waals surface area contributed by atoms with Crippen LogP contribution in [-0.4, -0.2) is 17.7 Å². The molecule has 1 aliphatic heterocycles. The van der Waals surface area contributed by atoms with Gasteiger partial charge in [0.05, 0.1) is 11.6 Å². The molecule has 4 heteroatoms. The van der Waals surface area contributed by atoms with E-state index in [1.165, 1.54) is 0 Å². The van der Waals surface area contributed by atoms with E-state index in [2.05, 4.69) is 0 Å². The third-order valence-electron chi connectivity index (χ3n) is 6.17. The first-order valence-electron chi connectivity index (χ1n) is 10.6. The number of esters is 1. The van der Waals surface area contributed by atoms with Crippen LogP contribution < -0.4 is 10.6 Å². The quantitative estimate of drug-likeness (QED) is 0.310. The third-order valence-corrected chi connectivity index (χ3v) is 9.77. The SMILES string of the molecule is C/C=C(\C)[C@@H]1OC(=O)[C@@H](Cc2ccccc2)[C@@H]1P(=O)(c1ccccc1)c1ccccc1. The molecule has 0 N–H and O–H groups in total. The molecule has 3 aromatic rings. The van der Waals surface area contributed by atoms with Crippen molar-refractivity contribution in [1.82, 2.24) is 0 Å². The van der Waals surface area contributed by atoms with Gasteiger partial charge in [-0.1, -0.05) is 97.1 Å². The first-order chi connectivity index (χ1) is 15.1. The van der Waals surface area contributed by atoms with Gasteiger partial charge in [0.2, 0.25) is 0 Å². The molecule has 31 heavy (non-hydrogen) atoms. The Balaban J connectivity index is 1.91. The third kappa shape index (κ3) is 4.03. The predicted molar refractivity (Wildman–Crippen MR) is 126 cm³/mol. The van der Waals surface area contributed by atoms with Crippen molar-refractivity contribution < 1.29 is 14.1 Å². The lowest BCUT2D eigenvalue weighted by atomic mass is 9.93. The average Bonchev–Trinajstić information content (AvgIpc) is 3.16. The predicted octanol–water partition coefficient (Wildman–Crippen LogP) is 5.12. The molecule has 0 amide bonds. The number of carbonyl (C=O) groups is 1. The number of ether oxygens (including phenoxy) is 1. The van der Waals surface area contributed by atoms with Crippen LogP contribution in [0, 0.1) is 5.92 Å². The lowest BCUT2D eigenvalue weighted by molar-refractivity contribution is -0.143. The fourth-order valence-corrected chi connectivity index (χ4v) is 8.10. The summed E-state index contributed by atoms with van der Waals surface area (Å²) >= 11 is 0. The fraction of sp³-hybridized carbons (Fsp3) is 0.222. The number of allylic oxidation sites excluding steroid dienone is 1. The van der Waals surface area contributed by atoms with Gasteiger partial charge < -0.3 is 9.30 Å². The van der Waals surface area contributed by atoms with E-state index in [9.17, 15) is 4.79 Å². The Hall–Kier alpha value is -2.90. The summed E-state index contributed by atoms with van der Waals surface area (Å²) in [5.74, 6) is -0.763. The standard InChI is InChI=1S/C27H27O3P/c1-3-20(2)25-26(24(27(28)30-25)19-21-13-7-4-8-14-21)31(29,22-15-9-5-10-16-22)23-17-11-6-12-18-23/h3-18,24-26H,19H2,1-2H3/b20-3+/t24-,25-,26-/m0/s1. The van der Waals surface area contributed by atoms with Crippen molar-refractivity contribution in [2.45, 2.75) is 32.0 Å². The fourth-order valence-electron chi connectivity index (χ4n) is 4.47. The highest BCUT2D eigenvalue weighted by Gasteiger charge is 2.55. The minimum atomic E-state index is -3.21. The van der Waals surface area contributed by atoms with Crippen LogP contribution in [0.1, 0.15) is 19.4 Å². The molecule has 0 unspecified atom stereocenters. The highest BCUT2D eigenvalue weighted by atomic mass is 31.2. The largest absolute Gasteiger partial charge is 0.457 e. The number of hydrogen-bond acceptors (Lipinski definition) is 3. The van der Waals surface area contributed by atoms with Gasteiger partial charge in [-0.05, 0) is 31.4 Å². The second kappa shape index (κ2) is 9.08. The van der Waals surface area contributed by atoms with Crippen molar-refractivity contribution in [2.24, 2.45) is 5.92 Å². The van der Waals surface area contributed by atoms with E-state index >= 15 is 4.57 Å². The van der Waals surface area contributed by atoms with Gasteiger partial charge in [0.25, 0.3) is 0 Å². The number of cyclic esters (lactones) is 1. The maximum Gasteiger partial charge on any atom is 0.310 e. The van der Waals surface area contributed by atoms with Crippen LogP contribution in [0.15, 0.2) is 103 Å². The van der Waals surface area contributed by atoms with E-state index in [4.69, 9.17) is 4.74 Å². The van der Waals surface area contributed by atoms with Crippen molar-refractivity contribution in [3.05, 3.63) is 108 Å². The Bertz CT molecular complexity index is 1060. The summed E-state index contributed by atoms with van der Waals surface area (Å²) in [7, 11) is -3.21. The summed E-state index contributed by atoms with van der Waals surface area (Å²) < 4.78 is 21.1. The summed E-state index contributed by atoms with van der Waals surface area (Å²) in [5.41, 5.74) is 1.50. The highest BCUT2D eigenvalue weighted by Crippen LogP contribution is 2.57. The lowest BCUT2D eigenvalue weighted by Gasteiger charge is -2.31. The van der Waals surface area contributed by atoms with Crippen LogP contribution in [0.4, 0.5) is 0 Å². The zero-order valence-corrected chi connectivity index (χ0v) is 18.7. The van der Waals surface area contributed by atoms with E-state index in [0.29, 0.717) is 6.42 Å². The summed E-state index contributed by atoms with van der Waals surface area (Å²) in [6, 6.07) is 29.0. The summed E-state index contributed by atoms with van der Waals surface area (Å²) in [4.78, 5) is 13.2. The summed E-state index contributed by atoms with van der Waals surface area (Å²) in [5, 5.41) is 1.52. The molecule has 0 aromatic heterocycles. The first kappa shape index (κ1) is 21.3. The van der Waals surface area contributed by atoms with Crippen LogP contribution in [-0.2, 0) is 20.5 Å². The van der Waals surface area contributed by atoms with Crippen molar-refractivity contribution in [3.63, 3.8) is 0 Å². The molecule has 1 aliphatic rings. The topological polar surface area (TPSA) is 43.4 Å². The van der Waals surface area contributed by atoms with E-state index in [1.54, 1.807) is 0 Å². The smallest absolute Gasteiger partial charge is 0.310 e. The Labute approximate surface area is 184 Å². The van der Waals surface area contributed by atoms with E-state index in [1.807, 2.05) is 111 Å². The Kier molecular flexibility index (Phi) is 6.25. The van der Waals surface area contributed by atoms with Crippen LogP contribution in [0.25, 0.3) is 0 Å². The van der Waals surface area contributed by atoms with Gasteiger partial charge in [-0.3, -0.25) is 4.79 Å². The minimum Gasteiger partial charge on any atom is -0.457 e. The van der Waals surface area contributed by atoms with E-state index in [-0.39, 0.29) is 5.97 Å². The second-order valence-corrected chi connectivity index (χ2v) is 11.0. The molecule has 3 nitrogen and oxygen atoms in total. The van der Waals surface area contributed by atoms with Crippen LogP contribution >= 0.6 is 7.14 Å². The molecule has 1 saturated heterocycles. The molecule has 0 bridgehead atoms. The molecule has 1 fully saturated rings. The van der Waals surface area contributed by atoms with E-state index in [0.717, 1.165) is 21.7 Å². The lowest BCUT2D eigenvalue weighted by Crippen LogP contribution is -2.37. The maximum absolute atomic E-state index is 15.1. The Morgan fingerprint density at radius 3 is 1.84 bits per heavy atom. The molecule has 158 valence electrons. The number of benzene rings is 3. The first-order valence-corrected chi connectivity index (χ1v) is 12.4. The minimum absolute atomic E-state index is 0.271. The van der Waals surface area contributed by atoms with Crippen molar-refractivity contribution in [1.29, 1.82) is 0 Å². The zero-order valence-electron chi connectivity index (χ0n) is 17.8. The zero-order chi connectivity index (χ0) is 21.8. The Morgan fingerprint density at radius 2 is 1.35 bits per heavy atom. The van der Waals surface area contributed by atoms with Gasteiger partial charge in [0.15, 0.2) is 7.14 Å². The van der Waals surface area contributed by atoms with Gasteiger partial charge in [-0.15, -0.1) is 0 Å². The van der Waals surface area contributed by atoms with Crippen molar-refractivity contribution in [2.75, 3.05) is 0 Å². The maximum atomic E-state index is 15.1. The van der Waals surface area contributed by atoms with Gasteiger partial charge in [0.1, 0.15) is 6.10 Å². The monoisotopic (exact) mass is 430 g/mol. The van der Waals surface area contributed by atoms with Crippen LogP contribution in [0.2, 0.25) is 0 Å². The molecule has 1 heterocycles.